The summed E-state index contributed by atoms with van der Waals surface area (Å²) in [7, 11) is 0. The molecule has 0 aliphatic rings. The van der Waals surface area contributed by atoms with E-state index in [4.69, 9.17) is 6.15 Å². The van der Waals surface area contributed by atoms with Crippen LogP contribution in [-0.4, -0.2) is 40.6 Å². The third-order valence-electron chi connectivity index (χ3n) is 4.51. The van der Waals surface area contributed by atoms with Crippen LogP contribution in [0.4, 0.5) is 0 Å². The zero-order chi connectivity index (χ0) is 22.6. The van der Waals surface area contributed by atoms with Crippen molar-refractivity contribution < 1.29 is 15.7 Å². The average Bonchev–Trinajstić information content (AvgIpc) is 3.04. The monoisotopic (exact) mass is 526 g/mol. The number of Topliss-reactive ketones (excluding diaryl/α,β-unsaturated/α-hetero) is 1. The zero-order valence-corrected chi connectivity index (χ0v) is 21.2. The number of benzene rings is 2. The summed E-state index contributed by atoms with van der Waals surface area (Å²) in [6.07, 6.45) is 1.48. The van der Waals surface area contributed by atoms with Crippen LogP contribution in [-0.2, 0) is 3.07 Å². The van der Waals surface area contributed by atoms with Crippen LogP contribution >= 0.6 is 0 Å². The fourth-order valence-corrected chi connectivity index (χ4v) is 7.66. The van der Waals surface area contributed by atoms with Gasteiger partial charge in [-0.05, 0) is 0 Å². The molecule has 160 valence electrons. The van der Waals surface area contributed by atoms with Gasteiger partial charge in [-0.1, -0.05) is 0 Å². The summed E-state index contributed by atoms with van der Waals surface area (Å²) in [4.78, 5) is 28.7. The van der Waals surface area contributed by atoms with E-state index < -0.39 is 19.2 Å². The molecule has 6 nitrogen and oxygen atoms in total. The van der Waals surface area contributed by atoms with Crippen LogP contribution in [0.25, 0.3) is 5.69 Å². The van der Waals surface area contributed by atoms with E-state index in [2.05, 4.69) is 5.10 Å². The molecule has 0 saturated heterocycles. The molecule has 3 rings (SSSR count). The van der Waals surface area contributed by atoms with Gasteiger partial charge in [0.25, 0.3) is 0 Å². The van der Waals surface area contributed by atoms with E-state index in [9.17, 15) is 9.59 Å². The first-order chi connectivity index (χ1) is 14.7. The molecule has 0 amide bonds. The topological polar surface area (TPSA) is 70.4 Å². The van der Waals surface area contributed by atoms with Gasteiger partial charge in [0.05, 0.1) is 0 Å². The molecule has 0 unspecified atom stereocenters. The summed E-state index contributed by atoms with van der Waals surface area (Å²) < 4.78 is 14.2. The van der Waals surface area contributed by atoms with Gasteiger partial charge in [-0.15, -0.1) is 0 Å². The van der Waals surface area contributed by atoms with Gasteiger partial charge in [-0.2, -0.15) is 0 Å². The Bertz CT molecular complexity index is 1120. The fourth-order valence-electron chi connectivity index (χ4n) is 3.29. The molecule has 7 heteroatoms. The van der Waals surface area contributed by atoms with Crippen LogP contribution in [0.15, 0.2) is 72.5 Å². The van der Waals surface area contributed by atoms with Gasteiger partial charge >= 0.3 is 188 Å². The number of nitrogens with zero attached hydrogens (tertiary/aromatic N) is 2. The molecule has 31 heavy (non-hydrogen) atoms. The van der Waals surface area contributed by atoms with Gasteiger partial charge in [0.1, 0.15) is 0 Å². The van der Waals surface area contributed by atoms with E-state index in [0.29, 0.717) is 28.5 Å². The van der Waals surface area contributed by atoms with Crippen LogP contribution in [0.3, 0.4) is 0 Å². The van der Waals surface area contributed by atoms with Gasteiger partial charge in [-0.25, -0.2) is 0 Å². The normalized spacial score (nSPS) is 11.8. The van der Waals surface area contributed by atoms with Gasteiger partial charge < -0.3 is 0 Å². The first-order valence-corrected chi connectivity index (χ1v) is 18.0. The Morgan fingerprint density at radius 3 is 2.13 bits per heavy atom. The van der Waals surface area contributed by atoms with E-state index in [-0.39, 0.29) is 11.6 Å². The molecular formula is C24H26N2O4Sn. The SMILES string of the molecule is CC(=O)c1c(C)nn(-c2ccccc2)c1[O][Sn]([CH3])([CH3])[O]/C(C)=C\C(=O)c1ccccc1. The molecule has 1 aromatic heterocycles. The number of hydrogen-bond donors (Lipinski definition) is 0. The molecule has 3 aromatic rings. The number of rotatable bonds is 8. The Kier molecular flexibility index (Phi) is 7.00. The van der Waals surface area contributed by atoms with E-state index in [1.807, 2.05) is 58.4 Å². The molecule has 0 spiro atoms. The maximum atomic E-state index is 12.5. The van der Waals surface area contributed by atoms with Gasteiger partial charge in [-0.3, -0.25) is 0 Å². The Morgan fingerprint density at radius 1 is 0.968 bits per heavy atom. The van der Waals surface area contributed by atoms with Crippen molar-refractivity contribution in [3.63, 3.8) is 0 Å². The maximum absolute atomic E-state index is 12.5. The van der Waals surface area contributed by atoms with Crippen molar-refractivity contribution in [3.8, 4) is 11.6 Å². The van der Waals surface area contributed by atoms with E-state index in [0.717, 1.165) is 5.69 Å². The summed E-state index contributed by atoms with van der Waals surface area (Å²) >= 11 is -3.69. The Balaban J connectivity index is 1.89. The molecule has 0 bridgehead atoms. The number of carbonyl (C=O) groups is 2. The molecule has 1 heterocycles. The van der Waals surface area contributed by atoms with Crippen LogP contribution in [0.2, 0.25) is 9.88 Å². The van der Waals surface area contributed by atoms with Crippen molar-refractivity contribution in [1.82, 2.24) is 9.78 Å². The Labute approximate surface area is 187 Å². The second-order valence-corrected chi connectivity index (χ2v) is 16.8. The zero-order valence-electron chi connectivity index (χ0n) is 18.4. The molecule has 2 aromatic carbocycles. The summed E-state index contributed by atoms with van der Waals surface area (Å²) in [5.74, 6) is 0.624. The minimum absolute atomic E-state index is 0.122. The third kappa shape index (κ3) is 5.64. The number of ketones is 2. The van der Waals surface area contributed by atoms with Crippen LogP contribution < -0.4 is 3.07 Å². The Morgan fingerprint density at radius 2 is 1.55 bits per heavy atom. The summed E-state index contributed by atoms with van der Waals surface area (Å²) in [5.41, 5.74) is 2.43. The van der Waals surface area contributed by atoms with E-state index >= 15 is 0 Å². The number of hydrogen-bond acceptors (Lipinski definition) is 5. The van der Waals surface area contributed by atoms with Crippen molar-refractivity contribution in [2.75, 3.05) is 0 Å². The molecule has 0 atom stereocenters. The van der Waals surface area contributed by atoms with Crippen molar-refractivity contribution in [2.45, 2.75) is 30.7 Å². The van der Waals surface area contributed by atoms with Crippen molar-refractivity contribution in [2.24, 2.45) is 0 Å². The van der Waals surface area contributed by atoms with Gasteiger partial charge in [0.2, 0.25) is 0 Å². The number of aryl methyl sites for hydroxylation is 1. The second kappa shape index (κ2) is 9.51. The van der Waals surface area contributed by atoms with Gasteiger partial charge in [0.15, 0.2) is 0 Å². The fraction of sp³-hybridized carbons (Fsp3) is 0.208. The van der Waals surface area contributed by atoms with Crippen LogP contribution in [0.1, 0.15) is 40.3 Å². The third-order valence-corrected chi connectivity index (χ3v) is 8.79. The summed E-state index contributed by atoms with van der Waals surface area (Å²) in [6.45, 7) is 5.03. The second-order valence-electron chi connectivity index (χ2n) is 7.66. The van der Waals surface area contributed by atoms with Crippen molar-refractivity contribution in [3.05, 3.63) is 89.3 Å². The van der Waals surface area contributed by atoms with Crippen molar-refractivity contribution >= 4 is 30.8 Å². The molecule has 0 radical (unpaired) electrons. The van der Waals surface area contributed by atoms with E-state index in [1.54, 1.807) is 30.7 Å². The molecule has 0 N–H and O–H groups in total. The molecule has 0 fully saturated rings. The molecule has 0 aliphatic heterocycles. The molecule has 0 saturated carbocycles. The standard InChI is InChI=1S/C12H12N2O2.C10H10O2.2CH3.Sn/c1-8-11(9(2)15)12(16)14(13-8)10-6-4-3-5-7-10;1-8(11)7-10(12)9-5-3-2-4-6-9;;;/h3-7,16H,1-2H3;2-7,11H,1H3;2*1H3;/q;;;;+2/p-2/b;8-7-;;;. The average molecular weight is 525 g/mol. The quantitative estimate of drug-likeness (QED) is 0.174. The number of aromatic nitrogens is 2. The van der Waals surface area contributed by atoms with E-state index in [1.165, 1.54) is 13.0 Å². The predicted octanol–water partition coefficient (Wildman–Crippen LogP) is 5.27. The molecule has 0 aliphatic carbocycles. The number of carbonyl (C=O) groups excluding carboxylic acids is 2. The number of allylic oxidation sites excluding steroid dienone is 2. The van der Waals surface area contributed by atoms with Gasteiger partial charge in [0, 0.05) is 0 Å². The van der Waals surface area contributed by atoms with Crippen molar-refractivity contribution in [1.29, 1.82) is 0 Å². The summed E-state index contributed by atoms with van der Waals surface area (Å²) in [6, 6.07) is 18.5. The first kappa shape index (κ1) is 22.8. The predicted molar refractivity (Wildman–Crippen MR) is 122 cm³/mol. The Hall–Kier alpha value is -2.87. The van der Waals surface area contributed by atoms with Crippen LogP contribution in [0.5, 0.6) is 5.88 Å². The first-order valence-electron chi connectivity index (χ1n) is 9.99. The summed E-state index contributed by atoms with van der Waals surface area (Å²) in [5, 5.41) is 4.53. The van der Waals surface area contributed by atoms with Crippen LogP contribution in [0, 0.1) is 6.92 Å². The number of para-hydroxylation sites is 1. The minimum atomic E-state index is -3.69. The molecular weight excluding hydrogens is 499 g/mol.